The molecule has 0 atom stereocenters. The lowest BCUT2D eigenvalue weighted by molar-refractivity contribution is 0.412. The Hall–Kier alpha value is -0.830. The molecular weight excluding hydrogens is 116 g/mol. The molecule has 0 bridgehead atoms. The van der Waals surface area contributed by atoms with Gasteiger partial charge in [0.1, 0.15) is 6.26 Å². The Morgan fingerprint density at radius 3 is 3.67 bits per heavy atom. The van der Waals surface area contributed by atoms with Crippen LogP contribution in [0.4, 0.5) is 0 Å². The van der Waals surface area contributed by atoms with Crippen molar-refractivity contribution in [2.75, 3.05) is 6.54 Å². The Morgan fingerprint density at radius 1 is 1.78 bits per heavy atom. The molecule has 1 aromatic rings. The first-order chi connectivity index (χ1) is 4.47. The van der Waals surface area contributed by atoms with Crippen LogP contribution in [-0.2, 0) is 6.42 Å². The van der Waals surface area contributed by atoms with Gasteiger partial charge in [0, 0.05) is 18.5 Å². The number of aromatic nitrogens is 1. The van der Waals surface area contributed by atoms with E-state index in [1.165, 1.54) is 0 Å². The van der Waals surface area contributed by atoms with Gasteiger partial charge in [0.25, 0.3) is 0 Å². The number of fused-ring (bicyclic) bond motifs is 1. The predicted octanol–water partition coefficient (Wildman–Crippen LogP) is 0.207. The largest absolute Gasteiger partial charge is 0.364 e. The van der Waals surface area contributed by atoms with Crippen LogP contribution in [0.15, 0.2) is 10.8 Å². The average molecular weight is 122 g/mol. The summed E-state index contributed by atoms with van der Waals surface area (Å²) in [6.07, 6.45) is 2.54. The molecular formula is C6H6N2O. The Labute approximate surface area is 53.0 Å². The first-order valence-corrected chi connectivity index (χ1v) is 2.89. The van der Waals surface area contributed by atoms with Gasteiger partial charge in [-0.15, -0.1) is 0 Å². The molecule has 9 heavy (non-hydrogen) atoms. The van der Waals surface area contributed by atoms with Crippen molar-refractivity contribution < 1.29 is 4.52 Å². The summed E-state index contributed by atoms with van der Waals surface area (Å²) in [4.78, 5) is 0. The van der Waals surface area contributed by atoms with Gasteiger partial charge in [0.05, 0.1) is 12.2 Å². The Bertz CT molecular complexity index is 186. The van der Waals surface area contributed by atoms with Gasteiger partial charge in [0.15, 0.2) is 0 Å². The molecule has 0 spiro atoms. The molecule has 3 nitrogen and oxygen atoms in total. The summed E-state index contributed by atoms with van der Waals surface area (Å²) >= 11 is 0. The van der Waals surface area contributed by atoms with E-state index in [1.807, 2.05) is 0 Å². The molecule has 0 saturated carbocycles. The highest BCUT2D eigenvalue weighted by molar-refractivity contribution is 5.25. The summed E-state index contributed by atoms with van der Waals surface area (Å²) in [5.74, 6) is 0. The highest BCUT2D eigenvalue weighted by Gasteiger charge is 2.11. The predicted molar refractivity (Wildman–Crippen MR) is 30.6 cm³/mol. The van der Waals surface area contributed by atoms with Gasteiger partial charge < -0.3 is 9.84 Å². The lowest BCUT2D eigenvalue weighted by atomic mass is 10.1. The van der Waals surface area contributed by atoms with Gasteiger partial charge in [-0.25, -0.2) is 0 Å². The normalized spacial score (nSPS) is 17.3. The minimum atomic E-state index is 0.916. The molecule has 0 amide bonds. The van der Waals surface area contributed by atoms with Gasteiger partial charge in [0.2, 0.25) is 0 Å². The minimum absolute atomic E-state index is 0.916. The summed E-state index contributed by atoms with van der Waals surface area (Å²) in [7, 11) is 0. The molecule has 0 fully saturated rings. The van der Waals surface area contributed by atoms with Crippen LogP contribution in [0.5, 0.6) is 0 Å². The smallest absolute Gasteiger partial charge is 0.129 e. The second kappa shape index (κ2) is 1.84. The summed E-state index contributed by atoms with van der Waals surface area (Å²) in [5.41, 5.74) is 1.97. The average Bonchev–Trinajstić information content (AvgIpc) is 2.33. The fraction of sp³-hybridized carbons (Fsp3) is 0.333. The van der Waals surface area contributed by atoms with Gasteiger partial charge in [-0.3, -0.25) is 0 Å². The third-order valence-corrected chi connectivity index (χ3v) is 1.35. The molecule has 0 unspecified atom stereocenters. The lowest BCUT2D eigenvalue weighted by Crippen LogP contribution is -2.20. The van der Waals surface area contributed by atoms with Crippen LogP contribution >= 0.6 is 0 Å². The van der Waals surface area contributed by atoms with Crippen LogP contribution < -0.4 is 5.32 Å². The number of nitrogens with one attached hydrogen (secondary N) is 1. The Morgan fingerprint density at radius 2 is 2.78 bits per heavy atom. The van der Waals surface area contributed by atoms with Crippen LogP contribution in [0.25, 0.3) is 0 Å². The number of hydrogen-bond acceptors (Lipinski definition) is 3. The van der Waals surface area contributed by atoms with Crippen LogP contribution in [0.3, 0.4) is 0 Å². The fourth-order valence-corrected chi connectivity index (χ4v) is 0.880. The molecule has 1 aliphatic rings. The zero-order valence-corrected chi connectivity index (χ0v) is 4.85. The van der Waals surface area contributed by atoms with Crippen LogP contribution in [0, 0.1) is 6.54 Å². The summed E-state index contributed by atoms with van der Waals surface area (Å²) in [5, 5.41) is 6.76. The van der Waals surface area contributed by atoms with Crippen molar-refractivity contribution >= 4 is 0 Å². The first kappa shape index (κ1) is 4.99. The molecule has 1 N–H and O–H groups in total. The maximum Gasteiger partial charge on any atom is 0.129 e. The molecule has 0 aromatic carbocycles. The van der Waals surface area contributed by atoms with E-state index in [9.17, 15) is 0 Å². The maximum atomic E-state index is 4.71. The maximum absolute atomic E-state index is 4.71. The van der Waals surface area contributed by atoms with Crippen molar-refractivity contribution in [3.8, 4) is 0 Å². The van der Waals surface area contributed by atoms with E-state index in [0.29, 0.717) is 0 Å². The lowest BCUT2D eigenvalue weighted by Gasteiger charge is -2.06. The molecule has 2 rings (SSSR count). The Balaban J connectivity index is 2.39. The second-order valence-corrected chi connectivity index (χ2v) is 1.98. The standard InChI is InChI=1S/C6H6N2O/c1-2-7-3-5-4-9-8-6(1)5/h4,7H,1-2H2. The van der Waals surface area contributed by atoms with Crippen molar-refractivity contribution in [2.45, 2.75) is 6.42 Å². The van der Waals surface area contributed by atoms with Gasteiger partial charge in [-0.1, -0.05) is 5.16 Å². The van der Waals surface area contributed by atoms with E-state index in [0.717, 1.165) is 24.2 Å². The molecule has 2 radical (unpaired) electrons. The molecule has 1 aromatic heterocycles. The van der Waals surface area contributed by atoms with Crippen molar-refractivity contribution in [3.05, 3.63) is 24.1 Å². The van der Waals surface area contributed by atoms with Crippen molar-refractivity contribution in [1.82, 2.24) is 10.5 Å². The Kier molecular flexibility index (Phi) is 1.02. The molecule has 0 saturated heterocycles. The van der Waals surface area contributed by atoms with E-state index < -0.39 is 0 Å². The van der Waals surface area contributed by atoms with E-state index >= 15 is 0 Å². The molecule has 2 heterocycles. The highest BCUT2D eigenvalue weighted by Crippen LogP contribution is 2.11. The summed E-state index contributed by atoms with van der Waals surface area (Å²) in [6.45, 7) is 3.85. The third-order valence-electron chi connectivity index (χ3n) is 1.35. The van der Waals surface area contributed by atoms with E-state index in [4.69, 9.17) is 4.52 Å². The zero-order chi connectivity index (χ0) is 6.10. The number of nitrogens with zero attached hydrogens (tertiary/aromatic N) is 1. The van der Waals surface area contributed by atoms with Gasteiger partial charge in [-0.2, -0.15) is 0 Å². The minimum Gasteiger partial charge on any atom is -0.364 e. The SMILES string of the molecule is [C]1NCCc2nocc21. The van der Waals surface area contributed by atoms with E-state index in [1.54, 1.807) is 6.26 Å². The fourth-order valence-electron chi connectivity index (χ4n) is 0.880. The van der Waals surface area contributed by atoms with Gasteiger partial charge in [-0.05, 0) is 0 Å². The topological polar surface area (TPSA) is 38.1 Å². The van der Waals surface area contributed by atoms with Crippen LogP contribution in [0.1, 0.15) is 11.3 Å². The summed E-state index contributed by atoms with van der Waals surface area (Å²) in [6, 6.07) is 0. The van der Waals surface area contributed by atoms with Crippen LogP contribution in [0.2, 0.25) is 0 Å². The van der Waals surface area contributed by atoms with Crippen molar-refractivity contribution in [2.24, 2.45) is 0 Å². The van der Waals surface area contributed by atoms with Gasteiger partial charge >= 0.3 is 0 Å². The highest BCUT2D eigenvalue weighted by atomic mass is 16.5. The van der Waals surface area contributed by atoms with Crippen LogP contribution in [-0.4, -0.2) is 11.7 Å². The zero-order valence-electron chi connectivity index (χ0n) is 4.85. The van der Waals surface area contributed by atoms with E-state index in [-0.39, 0.29) is 0 Å². The van der Waals surface area contributed by atoms with E-state index in [2.05, 4.69) is 17.0 Å². The third kappa shape index (κ3) is 0.733. The molecule has 3 heteroatoms. The first-order valence-electron chi connectivity index (χ1n) is 2.89. The number of hydrogen-bond donors (Lipinski definition) is 1. The number of rotatable bonds is 0. The molecule has 46 valence electrons. The second-order valence-electron chi connectivity index (χ2n) is 1.98. The molecule has 0 aliphatic carbocycles. The van der Waals surface area contributed by atoms with Crippen molar-refractivity contribution in [1.29, 1.82) is 0 Å². The monoisotopic (exact) mass is 122 g/mol. The quantitative estimate of drug-likeness (QED) is 0.534. The molecule has 1 aliphatic heterocycles. The van der Waals surface area contributed by atoms with Crippen molar-refractivity contribution in [3.63, 3.8) is 0 Å². The summed E-state index contributed by atoms with van der Waals surface area (Å²) < 4.78 is 4.71.